The third-order valence-electron chi connectivity index (χ3n) is 3.18. The second-order valence-electron chi connectivity index (χ2n) is 6.10. The normalized spacial score (nSPS) is 18.5. The zero-order chi connectivity index (χ0) is 14.1. The van der Waals surface area contributed by atoms with Crippen molar-refractivity contribution in [3.05, 3.63) is 35.9 Å². The molecule has 1 aliphatic rings. The first-order valence-corrected chi connectivity index (χ1v) is 6.57. The molecule has 0 spiro atoms. The molecule has 1 aliphatic carbocycles. The highest BCUT2D eigenvalue weighted by atomic mass is 16.6. The van der Waals surface area contributed by atoms with Crippen molar-refractivity contribution in [3.8, 4) is 0 Å². The molecule has 0 saturated heterocycles. The molecule has 4 nitrogen and oxygen atoms in total. The van der Waals surface area contributed by atoms with Crippen LogP contribution in [0.3, 0.4) is 0 Å². The van der Waals surface area contributed by atoms with Gasteiger partial charge in [0.25, 0.3) is 0 Å². The van der Waals surface area contributed by atoms with Crippen molar-refractivity contribution in [1.29, 1.82) is 0 Å². The van der Waals surface area contributed by atoms with E-state index in [9.17, 15) is 9.90 Å². The summed E-state index contributed by atoms with van der Waals surface area (Å²) in [5, 5.41) is 13.2. The van der Waals surface area contributed by atoms with Crippen LogP contribution in [-0.4, -0.2) is 22.3 Å². The maximum atomic E-state index is 11.8. The van der Waals surface area contributed by atoms with E-state index in [-0.39, 0.29) is 0 Å². The minimum Gasteiger partial charge on any atom is -0.444 e. The van der Waals surface area contributed by atoms with Gasteiger partial charge in [0.1, 0.15) is 11.7 Å². The van der Waals surface area contributed by atoms with Gasteiger partial charge >= 0.3 is 6.09 Å². The van der Waals surface area contributed by atoms with Gasteiger partial charge in [-0.15, -0.1) is 0 Å². The number of benzene rings is 1. The van der Waals surface area contributed by atoms with Crippen LogP contribution in [0.2, 0.25) is 0 Å². The topological polar surface area (TPSA) is 58.6 Å². The lowest BCUT2D eigenvalue weighted by molar-refractivity contribution is 0.0393. The molecule has 1 fully saturated rings. The molecule has 1 aromatic rings. The third kappa shape index (κ3) is 3.47. The third-order valence-corrected chi connectivity index (χ3v) is 3.18. The van der Waals surface area contributed by atoms with Gasteiger partial charge in [0.15, 0.2) is 0 Å². The quantitative estimate of drug-likeness (QED) is 0.881. The molecule has 1 saturated carbocycles. The predicted molar refractivity (Wildman–Crippen MR) is 72.7 cm³/mol. The zero-order valence-electron chi connectivity index (χ0n) is 11.6. The number of rotatable bonds is 3. The van der Waals surface area contributed by atoms with Crippen LogP contribution in [0.5, 0.6) is 0 Å². The van der Waals surface area contributed by atoms with Crippen LogP contribution in [0, 0.1) is 0 Å². The summed E-state index contributed by atoms with van der Waals surface area (Å²) >= 11 is 0. The molecule has 104 valence electrons. The van der Waals surface area contributed by atoms with E-state index >= 15 is 0 Å². The first kappa shape index (κ1) is 13.9. The number of ether oxygens (including phenoxy) is 1. The minimum absolute atomic E-state index is 0.472. The van der Waals surface area contributed by atoms with Crippen molar-refractivity contribution in [2.75, 3.05) is 0 Å². The Bertz CT molecular complexity index is 446. The molecule has 2 rings (SSSR count). The number of carbonyl (C=O) groups excluding carboxylic acids is 1. The summed E-state index contributed by atoms with van der Waals surface area (Å²) in [6.45, 7) is 5.46. The lowest BCUT2D eigenvalue weighted by Crippen LogP contribution is -2.44. The molecule has 0 heterocycles. The average molecular weight is 263 g/mol. The predicted octanol–water partition coefficient (Wildman–Crippen LogP) is 2.78. The van der Waals surface area contributed by atoms with Crippen molar-refractivity contribution in [3.63, 3.8) is 0 Å². The second-order valence-corrected chi connectivity index (χ2v) is 6.10. The monoisotopic (exact) mass is 263 g/mol. The van der Waals surface area contributed by atoms with Crippen LogP contribution in [0.1, 0.15) is 45.3 Å². The van der Waals surface area contributed by atoms with Crippen LogP contribution in [0.4, 0.5) is 4.79 Å². The lowest BCUT2D eigenvalue weighted by atomic mass is 10.0. The van der Waals surface area contributed by atoms with Crippen LogP contribution < -0.4 is 5.32 Å². The Morgan fingerprint density at radius 2 is 1.89 bits per heavy atom. The standard InChI is InChI=1S/C15H21NO3/c1-14(2,3)19-13(18)16-15(9-10-15)12(17)11-7-5-4-6-8-11/h4-8,12,17H,9-10H2,1-3H3,(H,16,18)/t12-/m1/s1. The number of hydrogen-bond donors (Lipinski definition) is 2. The van der Waals surface area contributed by atoms with Gasteiger partial charge in [-0.05, 0) is 39.2 Å². The maximum Gasteiger partial charge on any atom is 0.408 e. The van der Waals surface area contributed by atoms with Gasteiger partial charge in [-0.3, -0.25) is 0 Å². The molecule has 0 radical (unpaired) electrons. The number of carbonyl (C=O) groups is 1. The highest BCUT2D eigenvalue weighted by Crippen LogP contribution is 2.46. The maximum absolute atomic E-state index is 11.8. The van der Waals surface area contributed by atoms with E-state index in [0.29, 0.717) is 0 Å². The first-order valence-electron chi connectivity index (χ1n) is 6.57. The SMILES string of the molecule is CC(C)(C)OC(=O)NC1([C@H](O)c2ccccc2)CC1. The molecule has 1 aromatic carbocycles. The van der Waals surface area contributed by atoms with Gasteiger partial charge in [0.2, 0.25) is 0 Å². The van der Waals surface area contributed by atoms with Gasteiger partial charge in [-0.1, -0.05) is 30.3 Å². The molecule has 0 unspecified atom stereocenters. The molecule has 19 heavy (non-hydrogen) atoms. The van der Waals surface area contributed by atoms with Crippen molar-refractivity contribution < 1.29 is 14.6 Å². The summed E-state index contributed by atoms with van der Waals surface area (Å²) in [6.07, 6.45) is 0.367. The zero-order valence-corrected chi connectivity index (χ0v) is 11.6. The van der Waals surface area contributed by atoms with Gasteiger partial charge in [0.05, 0.1) is 5.54 Å². The molecular weight excluding hydrogens is 242 g/mol. The highest BCUT2D eigenvalue weighted by molar-refractivity contribution is 5.69. The van der Waals surface area contributed by atoms with Gasteiger partial charge in [-0.2, -0.15) is 0 Å². The van der Waals surface area contributed by atoms with Crippen molar-refractivity contribution in [1.82, 2.24) is 5.32 Å². The molecule has 0 bridgehead atoms. The lowest BCUT2D eigenvalue weighted by Gasteiger charge is -2.26. The second kappa shape index (κ2) is 4.85. The first-order chi connectivity index (χ1) is 8.82. The summed E-state index contributed by atoms with van der Waals surface area (Å²) in [5.41, 5.74) is -0.280. The smallest absolute Gasteiger partial charge is 0.408 e. The summed E-state index contributed by atoms with van der Waals surface area (Å²) < 4.78 is 5.24. The summed E-state index contributed by atoms with van der Waals surface area (Å²) in [5.74, 6) is 0. The van der Waals surface area contributed by atoms with Crippen molar-refractivity contribution in [2.45, 2.75) is 50.9 Å². The fourth-order valence-corrected chi connectivity index (χ4v) is 2.06. The van der Waals surface area contributed by atoms with E-state index in [1.165, 1.54) is 0 Å². The van der Waals surface area contributed by atoms with E-state index < -0.39 is 23.3 Å². The Morgan fingerprint density at radius 3 is 2.37 bits per heavy atom. The largest absolute Gasteiger partial charge is 0.444 e. The van der Waals surface area contributed by atoms with E-state index in [4.69, 9.17) is 4.74 Å². The number of alkyl carbamates (subject to hydrolysis) is 1. The van der Waals surface area contributed by atoms with E-state index in [2.05, 4.69) is 5.32 Å². The fraction of sp³-hybridized carbons (Fsp3) is 0.533. The van der Waals surface area contributed by atoms with Crippen molar-refractivity contribution >= 4 is 6.09 Å². The molecule has 1 amide bonds. The molecule has 2 N–H and O–H groups in total. The van der Waals surface area contributed by atoms with Crippen LogP contribution >= 0.6 is 0 Å². The van der Waals surface area contributed by atoms with Crippen LogP contribution in [0.25, 0.3) is 0 Å². The number of nitrogens with one attached hydrogen (secondary N) is 1. The number of aliphatic hydroxyl groups excluding tert-OH is 1. The van der Waals surface area contributed by atoms with E-state index in [1.807, 2.05) is 51.1 Å². The Labute approximate surface area is 113 Å². The van der Waals surface area contributed by atoms with Gasteiger partial charge < -0.3 is 15.2 Å². The Balaban J connectivity index is 2.02. The summed E-state index contributed by atoms with van der Waals surface area (Å²) in [7, 11) is 0. The van der Waals surface area contributed by atoms with Crippen molar-refractivity contribution in [2.24, 2.45) is 0 Å². The molecule has 0 aromatic heterocycles. The van der Waals surface area contributed by atoms with E-state index in [1.54, 1.807) is 0 Å². The molecule has 4 heteroatoms. The summed E-state index contributed by atoms with van der Waals surface area (Å²) in [4.78, 5) is 11.8. The highest BCUT2D eigenvalue weighted by Gasteiger charge is 2.51. The Hall–Kier alpha value is -1.55. The van der Waals surface area contributed by atoms with E-state index in [0.717, 1.165) is 18.4 Å². The average Bonchev–Trinajstić information content (AvgIpc) is 3.07. The number of amides is 1. The fourth-order valence-electron chi connectivity index (χ4n) is 2.06. The number of aliphatic hydroxyl groups is 1. The van der Waals surface area contributed by atoms with Crippen LogP contribution in [0.15, 0.2) is 30.3 Å². The Morgan fingerprint density at radius 1 is 1.32 bits per heavy atom. The van der Waals surface area contributed by atoms with Gasteiger partial charge in [0, 0.05) is 0 Å². The van der Waals surface area contributed by atoms with Gasteiger partial charge in [-0.25, -0.2) is 4.79 Å². The minimum atomic E-state index is -0.693. The Kier molecular flexibility index (Phi) is 3.54. The van der Waals surface area contributed by atoms with Crippen LogP contribution in [-0.2, 0) is 4.74 Å². The summed E-state index contributed by atoms with van der Waals surface area (Å²) in [6, 6.07) is 9.38. The molecular formula is C15H21NO3. The number of hydrogen-bond acceptors (Lipinski definition) is 3. The molecule has 1 atom stereocenters. The molecule has 0 aliphatic heterocycles.